The second kappa shape index (κ2) is 7.98. The van der Waals surface area contributed by atoms with Gasteiger partial charge in [-0.15, -0.1) is 22.7 Å². The van der Waals surface area contributed by atoms with Crippen LogP contribution in [0.1, 0.15) is 0 Å². The molecule has 2 N–H and O–H groups in total. The Morgan fingerprint density at radius 2 is 1.53 bits per heavy atom. The monoisotopic (exact) mass is 492 g/mol. The molecular weight excluding hydrogens is 478 g/mol. The summed E-state index contributed by atoms with van der Waals surface area (Å²) in [7, 11) is 0.0937. The molecule has 6 rings (SSSR count). The molecule has 6 aromatic rings. The van der Waals surface area contributed by atoms with Crippen LogP contribution in [0.3, 0.4) is 0 Å². The largest absolute Gasteiger partial charge is 0.338 e. The average molecular weight is 492 g/mol. The van der Waals surface area contributed by atoms with E-state index in [2.05, 4.69) is 56.3 Å². The third-order valence-corrected chi connectivity index (χ3v) is 8.71. The van der Waals surface area contributed by atoms with Crippen molar-refractivity contribution in [2.75, 3.05) is 0 Å². The van der Waals surface area contributed by atoms with Crippen molar-refractivity contribution in [2.24, 2.45) is 0 Å². The predicted octanol–water partition coefficient (Wildman–Crippen LogP) is 5.04. The maximum Gasteiger partial charge on any atom is 0.146 e. The molecule has 0 fully saturated rings. The van der Waals surface area contributed by atoms with Crippen LogP contribution in [0.15, 0.2) is 48.7 Å². The molecule has 32 heavy (non-hydrogen) atoms. The number of aromatic nitrogens is 4. The predicted molar refractivity (Wildman–Crippen MR) is 139 cm³/mol. The highest BCUT2D eigenvalue weighted by Crippen LogP contribution is 2.40. The first-order chi connectivity index (χ1) is 15.7. The molecule has 4 heterocycles. The van der Waals surface area contributed by atoms with Gasteiger partial charge in [-0.25, -0.2) is 9.97 Å². The Balaban J connectivity index is 1.37. The van der Waals surface area contributed by atoms with E-state index in [4.69, 9.17) is 0 Å². The van der Waals surface area contributed by atoms with Gasteiger partial charge in [0.1, 0.15) is 23.2 Å². The summed E-state index contributed by atoms with van der Waals surface area (Å²) < 4.78 is 2.45. The second-order valence-corrected chi connectivity index (χ2v) is 11.3. The van der Waals surface area contributed by atoms with E-state index < -0.39 is 0 Å². The highest BCUT2D eigenvalue weighted by Gasteiger charge is 2.12. The molecule has 0 aliphatic carbocycles. The second-order valence-electron chi connectivity index (χ2n) is 7.14. The van der Waals surface area contributed by atoms with Crippen LogP contribution in [0.4, 0.5) is 0 Å². The van der Waals surface area contributed by atoms with Crippen LogP contribution < -0.4 is 11.1 Å². The number of hydrogen-bond acceptors (Lipinski definition) is 6. The molecule has 4 aromatic heterocycles. The highest BCUT2D eigenvalue weighted by molar-refractivity contribution is 7.62. The first-order valence-electron chi connectivity index (χ1n) is 9.63. The van der Waals surface area contributed by atoms with Crippen molar-refractivity contribution >= 4 is 94.2 Å². The minimum absolute atomic E-state index is 0.0438. The summed E-state index contributed by atoms with van der Waals surface area (Å²) in [6.07, 6.45) is 1.80. The third-order valence-electron chi connectivity index (χ3n) is 5.15. The van der Waals surface area contributed by atoms with Crippen LogP contribution in [0.2, 0.25) is 0 Å². The van der Waals surface area contributed by atoms with Crippen LogP contribution >= 0.6 is 39.8 Å². The van der Waals surface area contributed by atoms with Gasteiger partial charge in [-0.3, -0.25) is 9.59 Å². The summed E-state index contributed by atoms with van der Waals surface area (Å²) in [6.45, 7) is 0. The zero-order valence-electron chi connectivity index (χ0n) is 16.3. The van der Waals surface area contributed by atoms with E-state index in [0.717, 1.165) is 44.8 Å². The number of rotatable bonds is 6. The van der Waals surface area contributed by atoms with Crippen LogP contribution in [0, 0.1) is 0 Å². The third kappa shape index (κ3) is 3.50. The topological polar surface area (TPSA) is 91.5 Å². The molecule has 10 heteroatoms. The Morgan fingerprint density at radius 1 is 0.812 bits per heavy atom. The lowest BCUT2D eigenvalue weighted by Gasteiger charge is -1.96. The smallest absolute Gasteiger partial charge is 0.146 e. The van der Waals surface area contributed by atoms with Gasteiger partial charge in [0.25, 0.3) is 0 Å². The lowest BCUT2D eigenvalue weighted by molar-refractivity contribution is 0.569. The van der Waals surface area contributed by atoms with E-state index in [1.54, 1.807) is 28.9 Å². The molecule has 0 aliphatic rings. The molecular formula is C22H14N4O2P2S2. The minimum atomic E-state index is 0.0438. The van der Waals surface area contributed by atoms with Gasteiger partial charge in [0.2, 0.25) is 0 Å². The zero-order valence-corrected chi connectivity index (χ0v) is 19.9. The Kier molecular flexibility index (Phi) is 4.96. The van der Waals surface area contributed by atoms with Crippen LogP contribution in [0.5, 0.6) is 0 Å². The fourth-order valence-electron chi connectivity index (χ4n) is 3.71. The Morgan fingerprint density at radius 3 is 2.31 bits per heavy atom. The number of hydrogen-bond donors (Lipinski definition) is 2. The van der Waals surface area contributed by atoms with Crippen molar-refractivity contribution in [3.8, 4) is 21.0 Å². The van der Waals surface area contributed by atoms with Gasteiger partial charge >= 0.3 is 0 Å². The molecule has 0 aliphatic heterocycles. The fraction of sp³-hybridized carbons (Fsp3) is 0. The Hall–Kier alpha value is -2.76. The molecule has 156 valence electrons. The van der Waals surface area contributed by atoms with Gasteiger partial charge in [0.15, 0.2) is 0 Å². The lowest BCUT2D eigenvalue weighted by atomic mass is 10.1. The molecule has 0 radical (unpaired) electrons. The van der Waals surface area contributed by atoms with Crippen molar-refractivity contribution in [1.29, 1.82) is 0 Å². The molecule has 2 aromatic carbocycles. The van der Waals surface area contributed by atoms with Crippen molar-refractivity contribution < 1.29 is 9.59 Å². The van der Waals surface area contributed by atoms with Gasteiger partial charge in [-0.2, -0.15) is 0 Å². The first kappa shape index (κ1) is 19.9. The van der Waals surface area contributed by atoms with Gasteiger partial charge in [0.05, 0.1) is 27.8 Å². The van der Waals surface area contributed by atoms with E-state index in [0.29, 0.717) is 5.57 Å². The number of carbonyl (C=O) groups is 2. The van der Waals surface area contributed by atoms with Crippen LogP contribution in [0.25, 0.3) is 52.2 Å². The van der Waals surface area contributed by atoms with Crippen molar-refractivity contribution in [2.45, 2.75) is 0 Å². The molecule has 2 atom stereocenters. The van der Waals surface area contributed by atoms with E-state index in [1.165, 1.54) is 25.0 Å². The van der Waals surface area contributed by atoms with Crippen molar-refractivity contribution in [3.05, 3.63) is 48.7 Å². The van der Waals surface area contributed by atoms with E-state index >= 15 is 0 Å². The number of imidazole rings is 2. The number of nitrogens with zero attached hydrogens (tertiary/aromatic N) is 2. The molecule has 0 amide bonds. The van der Waals surface area contributed by atoms with Crippen LogP contribution in [-0.4, -0.2) is 32.0 Å². The quantitative estimate of drug-likeness (QED) is 0.252. The number of H-pyrrole nitrogens is 2. The van der Waals surface area contributed by atoms with Gasteiger partial charge in [-0.1, -0.05) is 6.07 Å². The molecule has 6 nitrogen and oxygen atoms in total. The normalized spacial score (nSPS) is 12.4. The number of carbonyl (C=O) groups excluding carboxylic acids is 2. The molecule has 0 bridgehead atoms. The molecule has 0 saturated heterocycles. The lowest BCUT2D eigenvalue weighted by Crippen LogP contribution is -1.97. The first-order valence-corrected chi connectivity index (χ1v) is 13.4. The van der Waals surface area contributed by atoms with Gasteiger partial charge < -0.3 is 9.97 Å². The fourth-order valence-corrected chi connectivity index (χ4v) is 6.82. The molecule has 2 unspecified atom stereocenters. The number of aromatic amines is 2. The average Bonchev–Trinajstić information content (AvgIpc) is 3.55. The van der Waals surface area contributed by atoms with E-state index in [9.17, 15) is 9.59 Å². The summed E-state index contributed by atoms with van der Waals surface area (Å²) in [4.78, 5) is 39.0. The summed E-state index contributed by atoms with van der Waals surface area (Å²) in [5.41, 5.74) is 5.34. The maximum absolute atomic E-state index is 10.8. The Bertz CT molecular complexity index is 1600. The summed E-state index contributed by atoms with van der Waals surface area (Å²) in [6, 6.07) is 16.8. The summed E-state index contributed by atoms with van der Waals surface area (Å²) in [5, 5.41) is 2.41. The number of fused-ring (bicyclic) bond motifs is 3. The summed E-state index contributed by atoms with van der Waals surface area (Å²) >= 11 is 3.48. The maximum atomic E-state index is 10.8. The SMILES string of the molecule is O=CPc1ncc(-c2cc3cc4sc(-c5ccc6nc(PC=O)[nH]c6c5)cc4cc3s2)[nH]1. The number of benzene rings is 2. The van der Waals surface area contributed by atoms with E-state index in [-0.39, 0.29) is 17.2 Å². The summed E-state index contributed by atoms with van der Waals surface area (Å²) in [5.74, 6) is 0. The number of thiophene rings is 2. The molecule has 0 saturated carbocycles. The molecule has 0 spiro atoms. The van der Waals surface area contributed by atoms with Gasteiger partial charge in [-0.05, 0) is 52.7 Å². The minimum Gasteiger partial charge on any atom is -0.338 e. The van der Waals surface area contributed by atoms with Crippen molar-refractivity contribution in [3.63, 3.8) is 0 Å². The highest BCUT2D eigenvalue weighted by atomic mass is 32.1. The van der Waals surface area contributed by atoms with E-state index in [1.807, 2.05) is 6.07 Å². The number of nitrogens with one attached hydrogen (secondary N) is 2. The van der Waals surface area contributed by atoms with Crippen molar-refractivity contribution in [1.82, 2.24) is 19.9 Å². The Labute approximate surface area is 193 Å². The zero-order chi connectivity index (χ0) is 21.7. The standard InChI is InChI=1S/C22H14N4O2P2S2/c27-9-29-21-23-8-16(26-21)20-7-13-6-18-12(5-19(13)32-20)4-17(31-18)11-1-2-14-15(3-11)25-22(24-14)30-10-28/h1-10,29-30H,(H,23,26)(H,24,25). The van der Waals surface area contributed by atoms with Gasteiger partial charge in [0, 0.05) is 31.4 Å². The van der Waals surface area contributed by atoms with Crippen LogP contribution in [-0.2, 0) is 9.59 Å².